The highest BCUT2D eigenvalue weighted by Gasteiger charge is 2.61. The fourth-order valence-corrected chi connectivity index (χ4v) is 6.17. The maximum atomic E-state index is 13.5. The van der Waals surface area contributed by atoms with Gasteiger partial charge < -0.3 is 10.1 Å². The highest BCUT2D eigenvalue weighted by molar-refractivity contribution is 6.30. The van der Waals surface area contributed by atoms with Gasteiger partial charge in [0, 0.05) is 22.5 Å². The zero-order chi connectivity index (χ0) is 25.0. The lowest BCUT2D eigenvalue weighted by atomic mass is 9.55. The van der Waals surface area contributed by atoms with E-state index in [0.717, 1.165) is 27.2 Å². The summed E-state index contributed by atoms with van der Waals surface area (Å²) in [7, 11) is 0. The Kier molecular flexibility index (Phi) is 5.38. The van der Waals surface area contributed by atoms with Gasteiger partial charge in [-0.2, -0.15) is 0 Å². The molecule has 1 aliphatic heterocycles. The SMILES string of the molecule is O=C(COC(=O)CN1C(=O)[C@@H]2C3c4ccccc4C(c4ccccc43)[C@@H]2C1=O)Nc1cccc(Cl)c1. The van der Waals surface area contributed by atoms with Crippen molar-refractivity contribution in [2.45, 2.75) is 11.8 Å². The summed E-state index contributed by atoms with van der Waals surface area (Å²) in [6.07, 6.45) is 0. The number of esters is 1. The van der Waals surface area contributed by atoms with Gasteiger partial charge in [0.1, 0.15) is 6.54 Å². The molecule has 1 saturated heterocycles. The Morgan fingerprint density at radius 3 is 1.83 bits per heavy atom. The molecule has 3 amide bonds. The molecule has 1 N–H and O–H groups in total. The number of benzene rings is 3. The summed E-state index contributed by atoms with van der Waals surface area (Å²) in [5.74, 6) is -3.73. The van der Waals surface area contributed by atoms with Gasteiger partial charge in [0.25, 0.3) is 5.91 Å². The van der Waals surface area contributed by atoms with Crippen molar-refractivity contribution >= 4 is 41.0 Å². The highest BCUT2D eigenvalue weighted by Crippen LogP contribution is 2.60. The number of anilines is 1. The summed E-state index contributed by atoms with van der Waals surface area (Å²) >= 11 is 5.91. The van der Waals surface area contributed by atoms with E-state index in [9.17, 15) is 19.2 Å². The van der Waals surface area contributed by atoms with Gasteiger partial charge in [-0.25, -0.2) is 0 Å². The van der Waals surface area contributed by atoms with Gasteiger partial charge >= 0.3 is 5.97 Å². The summed E-state index contributed by atoms with van der Waals surface area (Å²) in [6, 6.07) is 22.4. The van der Waals surface area contributed by atoms with Gasteiger partial charge in [-0.05, 0) is 40.5 Å². The van der Waals surface area contributed by atoms with Crippen molar-refractivity contribution in [3.8, 4) is 0 Å². The number of likely N-dealkylation sites (tertiary alicyclic amines) is 1. The Morgan fingerprint density at radius 2 is 1.33 bits per heavy atom. The van der Waals surface area contributed by atoms with E-state index in [-0.39, 0.29) is 23.7 Å². The molecule has 0 aromatic heterocycles. The quantitative estimate of drug-likeness (QED) is 0.426. The van der Waals surface area contributed by atoms with Crippen molar-refractivity contribution in [3.05, 3.63) is 100 Å². The molecular weight excluding hydrogens is 480 g/mol. The second-order valence-corrected chi connectivity index (χ2v) is 9.68. The van der Waals surface area contributed by atoms with E-state index in [1.165, 1.54) is 0 Å². The minimum absolute atomic E-state index is 0.242. The zero-order valence-corrected chi connectivity index (χ0v) is 19.8. The monoisotopic (exact) mass is 500 g/mol. The van der Waals surface area contributed by atoms with Crippen molar-refractivity contribution in [1.82, 2.24) is 4.90 Å². The molecule has 36 heavy (non-hydrogen) atoms. The van der Waals surface area contributed by atoms with Gasteiger partial charge in [0.15, 0.2) is 6.61 Å². The number of ether oxygens (including phenoxy) is 1. The molecule has 1 heterocycles. The van der Waals surface area contributed by atoms with Crippen LogP contribution in [0, 0.1) is 11.8 Å². The molecule has 7 rings (SSSR count). The molecule has 0 spiro atoms. The number of amides is 3. The number of imide groups is 1. The maximum Gasteiger partial charge on any atom is 0.326 e. The molecule has 3 aromatic rings. The molecule has 1 fully saturated rings. The van der Waals surface area contributed by atoms with Gasteiger partial charge in [-0.1, -0.05) is 66.2 Å². The lowest BCUT2D eigenvalue weighted by Gasteiger charge is -2.45. The van der Waals surface area contributed by atoms with Crippen molar-refractivity contribution in [1.29, 1.82) is 0 Å². The number of halogens is 1. The Balaban J connectivity index is 1.19. The third-order valence-electron chi connectivity index (χ3n) is 7.30. The molecule has 3 aromatic carbocycles. The maximum absolute atomic E-state index is 13.5. The van der Waals surface area contributed by atoms with Crippen LogP contribution in [0.1, 0.15) is 34.1 Å². The molecule has 2 bridgehead atoms. The second kappa shape index (κ2) is 8.60. The molecule has 3 aliphatic carbocycles. The average molecular weight is 501 g/mol. The van der Waals surface area contributed by atoms with Crippen LogP contribution in [0.15, 0.2) is 72.8 Å². The first-order valence-corrected chi connectivity index (χ1v) is 12.1. The molecular formula is C28H21ClN2O5. The predicted octanol–water partition coefficient (Wildman–Crippen LogP) is 3.71. The summed E-state index contributed by atoms with van der Waals surface area (Å²) in [6.45, 7) is -1.07. The van der Waals surface area contributed by atoms with Gasteiger partial charge in [-0.3, -0.25) is 24.1 Å². The summed E-state index contributed by atoms with van der Waals surface area (Å²) in [5.41, 5.74) is 4.71. The summed E-state index contributed by atoms with van der Waals surface area (Å²) in [5, 5.41) is 3.04. The average Bonchev–Trinajstić information content (AvgIpc) is 3.13. The molecule has 0 unspecified atom stereocenters. The molecule has 8 heteroatoms. The molecule has 180 valence electrons. The van der Waals surface area contributed by atoms with Crippen LogP contribution in [-0.4, -0.2) is 41.7 Å². The van der Waals surface area contributed by atoms with E-state index in [0.29, 0.717) is 10.7 Å². The highest BCUT2D eigenvalue weighted by atomic mass is 35.5. The fraction of sp³-hybridized carbons (Fsp3) is 0.214. The van der Waals surface area contributed by atoms with Crippen LogP contribution in [-0.2, 0) is 23.9 Å². The largest absolute Gasteiger partial charge is 0.454 e. The Labute approximate surface area is 212 Å². The number of carbonyl (C=O) groups excluding carboxylic acids is 4. The van der Waals surface area contributed by atoms with Crippen molar-refractivity contribution in [2.24, 2.45) is 11.8 Å². The minimum Gasteiger partial charge on any atom is -0.454 e. The first-order valence-electron chi connectivity index (χ1n) is 11.7. The van der Waals surface area contributed by atoms with Crippen LogP contribution in [0.25, 0.3) is 0 Å². The van der Waals surface area contributed by atoms with Gasteiger partial charge in [-0.15, -0.1) is 0 Å². The van der Waals surface area contributed by atoms with E-state index in [1.54, 1.807) is 24.3 Å². The molecule has 2 atom stereocenters. The zero-order valence-electron chi connectivity index (χ0n) is 19.0. The van der Waals surface area contributed by atoms with Crippen molar-refractivity contribution in [2.75, 3.05) is 18.5 Å². The Bertz CT molecular complexity index is 1320. The lowest BCUT2D eigenvalue weighted by molar-refractivity contribution is -0.154. The van der Waals surface area contributed by atoms with Gasteiger partial charge in [0.05, 0.1) is 11.8 Å². The number of hydrogen-bond acceptors (Lipinski definition) is 5. The minimum atomic E-state index is -0.820. The number of carbonyl (C=O) groups is 4. The van der Waals surface area contributed by atoms with E-state index in [4.69, 9.17) is 16.3 Å². The topological polar surface area (TPSA) is 92.8 Å². The second-order valence-electron chi connectivity index (χ2n) is 9.25. The van der Waals surface area contributed by atoms with Crippen LogP contribution < -0.4 is 5.32 Å². The molecule has 4 aliphatic rings. The summed E-state index contributed by atoms with van der Waals surface area (Å²) in [4.78, 5) is 52.7. The number of rotatable bonds is 5. The molecule has 0 saturated carbocycles. The lowest BCUT2D eigenvalue weighted by Crippen LogP contribution is -2.41. The third-order valence-corrected chi connectivity index (χ3v) is 7.53. The normalized spacial score (nSPS) is 23.1. The number of nitrogens with one attached hydrogen (secondary N) is 1. The molecule has 7 nitrogen and oxygen atoms in total. The van der Waals surface area contributed by atoms with Crippen molar-refractivity contribution in [3.63, 3.8) is 0 Å². The smallest absolute Gasteiger partial charge is 0.326 e. The van der Waals surface area contributed by atoms with E-state index in [1.807, 2.05) is 48.5 Å². The summed E-state index contributed by atoms with van der Waals surface area (Å²) < 4.78 is 5.08. The number of nitrogens with zero attached hydrogens (tertiary/aromatic N) is 1. The van der Waals surface area contributed by atoms with Crippen molar-refractivity contribution < 1.29 is 23.9 Å². The Hall–Kier alpha value is -3.97. The van der Waals surface area contributed by atoms with E-state index < -0.39 is 36.9 Å². The standard InChI is InChI=1S/C28H21ClN2O5/c29-15-6-5-7-16(12-15)30-21(32)14-36-22(33)13-31-27(34)25-23-17-8-1-2-9-18(17)24(26(25)28(31)35)20-11-4-3-10-19(20)23/h1-12,23-26H,13-14H2,(H,30,32)/t23?,24?,25-,26+. The predicted molar refractivity (Wildman–Crippen MR) is 131 cm³/mol. The van der Waals surface area contributed by atoms with E-state index >= 15 is 0 Å². The third kappa shape index (κ3) is 3.50. The Morgan fingerprint density at radius 1 is 0.806 bits per heavy atom. The van der Waals surface area contributed by atoms with Crippen LogP contribution in [0.3, 0.4) is 0 Å². The van der Waals surface area contributed by atoms with Crippen LogP contribution in [0.5, 0.6) is 0 Å². The molecule has 0 radical (unpaired) electrons. The first kappa shape index (κ1) is 22.5. The number of hydrogen-bond donors (Lipinski definition) is 1. The van der Waals surface area contributed by atoms with E-state index in [2.05, 4.69) is 5.32 Å². The van der Waals surface area contributed by atoms with Crippen LogP contribution in [0.4, 0.5) is 5.69 Å². The van der Waals surface area contributed by atoms with Crippen LogP contribution in [0.2, 0.25) is 5.02 Å². The van der Waals surface area contributed by atoms with Gasteiger partial charge in [0.2, 0.25) is 11.8 Å². The fourth-order valence-electron chi connectivity index (χ4n) is 5.98. The van der Waals surface area contributed by atoms with Crippen LogP contribution >= 0.6 is 11.6 Å². The first-order chi connectivity index (χ1) is 17.4.